The molecule has 0 spiro atoms. The van der Waals surface area contributed by atoms with Gasteiger partial charge in [-0.3, -0.25) is 14.3 Å². The topological polar surface area (TPSA) is 72.7 Å². The predicted molar refractivity (Wildman–Crippen MR) is 112 cm³/mol. The van der Waals surface area contributed by atoms with Crippen molar-refractivity contribution in [1.82, 2.24) is 25.1 Å². The van der Waals surface area contributed by atoms with Crippen molar-refractivity contribution >= 4 is 17.7 Å². The van der Waals surface area contributed by atoms with Crippen LogP contribution in [0.25, 0.3) is 11.4 Å². The number of carbonyl (C=O) groups excluding carboxylic acids is 1. The molecule has 1 amide bonds. The van der Waals surface area contributed by atoms with Gasteiger partial charge in [0.2, 0.25) is 5.91 Å². The van der Waals surface area contributed by atoms with E-state index >= 15 is 0 Å². The first-order chi connectivity index (χ1) is 13.3. The van der Waals surface area contributed by atoms with Gasteiger partial charge in [0.25, 0.3) is 0 Å². The van der Waals surface area contributed by atoms with Crippen molar-refractivity contribution in [2.75, 3.05) is 0 Å². The lowest BCUT2D eigenvalue weighted by Gasteiger charge is -2.23. The Hall–Kier alpha value is -2.67. The Morgan fingerprint density at radius 3 is 2.54 bits per heavy atom. The van der Waals surface area contributed by atoms with Crippen LogP contribution < -0.4 is 5.32 Å². The Balaban J connectivity index is 1.90. The molecule has 0 aliphatic carbocycles. The molecule has 2 aromatic heterocycles. The van der Waals surface area contributed by atoms with E-state index < -0.39 is 0 Å². The summed E-state index contributed by atoms with van der Waals surface area (Å²) in [7, 11) is 0. The first-order valence-electron chi connectivity index (χ1n) is 9.20. The summed E-state index contributed by atoms with van der Waals surface area (Å²) in [5, 5.41) is 12.2. The van der Waals surface area contributed by atoms with E-state index in [0.29, 0.717) is 11.7 Å². The highest BCUT2D eigenvalue weighted by molar-refractivity contribution is 8.00. The normalized spacial score (nSPS) is 12.6. The fourth-order valence-electron chi connectivity index (χ4n) is 2.68. The monoisotopic (exact) mass is 395 g/mol. The van der Waals surface area contributed by atoms with Crippen LogP contribution in [0.3, 0.4) is 0 Å². The van der Waals surface area contributed by atoms with Gasteiger partial charge in [-0.15, -0.1) is 10.2 Å². The van der Waals surface area contributed by atoms with E-state index in [1.807, 2.05) is 62.6 Å². The van der Waals surface area contributed by atoms with Crippen LogP contribution in [0, 0.1) is 0 Å². The van der Waals surface area contributed by atoms with Crippen LogP contribution in [0.1, 0.15) is 33.3 Å². The molecule has 1 aromatic carbocycles. The second kappa shape index (κ2) is 8.56. The van der Waals surface area contributed by atoms with Gasteiger partial charge >= 0.3 is 0 Å². The number of benzene rings is 1. The van der Waals surface area contributed by atoms with E-state index in [1.54, 1.807) is 12.4 Å². The van der Waals surface area contributed by atoms with Crippen molar-refractivity contribution in [2.24, 2.45) is 0 Å². The van der Waals surface area contributed by atoms with Gasteiger partial charge in [0.15, 0.2) is 11.0 Å². The second-order valence-corrected chi connectivity index (χ2v) is 8.93. The Morgan fingerprint density at radius 1 is 1.14 bits per heavy atom. The van der Waals surface area contributed by atoms with Crippen LogP contribution in [0.2, 0.25) is 0 Å². The molecule has 3 aromatic rings. The minimum absolute atomic E-state index is 0.0188. The largest absolute Gasteiger partial charge is 0.351 e. The first kappa shape index (κ1) is 20.1. The summed E-state index contributed by atoms with van der Waals surface area (Å²) in [6.07, 6.45) is 3.51. The van der Waals surface area contributed by atoms with Crippen molar-refractivity contribution in [3.05, 3.63) is 60.4 Å². The van der Waals surface area contributed by atoms with Crippen LogP contribution in [0.4, 0.5) is 0 Å². The summed E-state index contributed by atoms with van der Waals surface area (Å²) < 4.78 is 2.04. The molecule has 0 aliphatic rings. The van der Waals surface area contributed by atoms with E-state index in [9.17, 15) is 4.79 Å². The molecule has 1 atom stereocenters. The standard InChI is InChI=1S/C21H25N5OS/c1-15(19(27)23-21(2,3)4)28-20-25-24-18(17-11-8-12-22-13-17)26(20)14-16-9-6-5-7-10-16/h5-13,15H,14H2,1-4H3,(H,23,27). The Morgan fingerprint density at radius 2 is 1.89 bits per heavy atom. The summed E-state index contributed by atoms with van der Waals surface area (Å²) in [6, 6.07) is 14.0. The van der Waals surface area contributed by atoms with E-state index in [4.69, 9.17) is 0 Å². The van der Waals surface area contributed by atoms with Crippen LogP contribution >= 0.6 is 11.8 Å². The van der Waals surface area contributed by atoms with Crippen molar-refractivity contribution < 1.29 is 4.79 Å². The van der Waals surface area contributed by atoms with Crippen molar-refractivity contribution in [2.45, 2.75) is 50.2 Å². The number of nitrogens with zero attached hydrogens (tertiary/aromatic N) is 4. The summed E-state index contributed by atoms with van der Waals surface area (Å²) in [6.45, 7) is 8.42. The Bertz CT molecular complexity index is 919. The smallest absolute Gasteiger partial charge is 0.233 e. The minimum atomic E-state index is -0.292. The molecule has 0 radical (unpaired) electrons. The number of rotatable bonds is 6. The Labute approximate surface area is 169 Å². The van der Waals surface area contributed by atoms with Gasteiger partial charge < -0.3 is 5.32 Å². The van der Waals surface area contributed by atoms with Crippen LogP contribution in [-0.4, -0.2) is 36.4 Å². The number of hydrogen-bond acceptors (Lipinski definition) is 5. The molecule has 3 rings (SSSR count). The molecule has 0 saturated heterocycles. The summed E-state index contributed by atoms with van der Waals surface area (Å²) in [4.78, 5) is 16.7. The van der Waals surface area contributed by atoms with Crippen LogP contribution in [-0.2, 0) is 11.3 Å². The van der Waals surface area contributed by atoms with Crippen molar-refractivity contribution in [3.8, 4) is 11.4 Å². The average Bonchev–Trinajstić information content (AvgIpc) is 3.04. The third kappa shape index (κ3) is 5.19. The fourth-order valence-corrected chi connectivity index (χ4v) is 3.52. The molecular formula is C21H25N5OS. The van der Waals surface area contributed by atoms with Gasteiger partial charge in [-0.25, -0.2) is 0 Å². The zero-order valence-corrected chi connectivity index (χ0v) is 17.4. The molecule has 28 heavy (non-hydrogen) atoms. The third-order valence-corrected chi connectivity index (χ3v) is 5.05. The van der Waals surface area contributed by atoms with E-state index in [2.05, 4.69) is 32.6 Å². The molecule has 146 valence electrons. The maximum Gasteiger partial charge on any atom is 0.233 e. The number of nitrogens with one attached hydrogen (secondary N) is 1. The minimum Gasteiger partial charge on any atom is -0.351 e. The Kier molecular flexibility index (Phi) is 6.14. The summed E-state index contributed by atoms with van der Waals surface area (Å²) in [5.41, 5.74) is 1.76. The maximum atomic E-state index is 12.5. The van der Waals surface area contributed by atoms with Crippen LogP contribution in [0.15, 0.2) is 60.0 Å². The third-order valence-electron chi connectivity index (χ3n) is 3.97. The number of pyridine rings is 1. The number of amides is 1. The number of thioether (sulfide) groups is 1. The van der Waals surface area contributed by atoms with Gasteiger partial charge in [-0.1, -0.05) is 42.1 Å². The number of hydrogen-bond donors (Lipinski definition) is 1. The maximum absolute atomic E-state index is 12.5. The van der Waals surface area contributed by atoms with E-state index in [1.165, 1.54) is 11.8 Å². The SMILES string of the molecule is CC(Sc1nnc(-c2cccnc2)n1Cc1ccccc1)C(=O)NC(C)(C)C. The highest BCUT2D eigenvalue weighted by Gasteiger charge is 2.23. The quantitative estimate of drug-likeness (QED) is 0.643. The van der Waals surface area contributed by atoms with Gasteiger partial charge in [0.05, 0.1) is 11.8 Å². The molecule has 6 nitrogen and oxygen atoms in total. The summed E-state index contributed by atoms with van der Waals surface area (Å²) >= 11 is 1.41. The molecule has 1 N–H and O–H groups in total. The molecule has 2 heterocycles. The molecule has 0 saturated carbocycles. The average molecular weight is 396 g/mol. The van der Waals surface area contributed by atoms with Gasteiger partial charge in [-0.05, 0) is 45.4 Å². The summed E-state index contributed by atoms with van der Waals surface area (Å²) in [5.74, 6) is 0.720. The van der Waals surface area contributed by atoms with Crippen molar-refractivity contribution in [1.29, 1.82) is 0 Å². The lowest BCUT2D eigenvalue weighted by molar-refractivity contribution is -0.121. The molecule has 0 bridgehead atoms. The zero-order valence-electron chi connectivity index (χ0n) is 16.6. The molecule has 1 unspecified atom stereocenters. The second-order valence-electron chi connectivity index (χ2n) is 7.62. The highest BCUT2D eigenvalue weighted by Crippen LogP contribution is 2.27. The van der Waals surface area contributed by atoms with E-state index in [0.717, 1.165) is 17.0 Å². The molecular weight excluding hydrogens is 370 g/mol. The first-order valence-corrected chi connectivity index (χ1v) is 10.1. The number of carbonyl (C=O) groups is 1. The lowest BCUT2D eigenvalue weighted by Crippen LogP contribution is -2.44. The van der Waals surface area contributed by atoms with Gasteiger partial charge in [-0.2, -0.15) is 0 Å². The molecule has 0 fully saturated rings. The predicted octanol–water partition coefficient (Wildman–Crippen LogP) is 3.78. The van der Waals surface area contributed by atoms with Gasteiger partial charge in [0.1, 0.15) is 0 Å². The fraction of sp³-hybridized carbons (Fsp3) is 0.333. The molecule has 0 aliphatic heterocycles. The lowest BCUT2D eigenvalue weighted by atomic mass is 10.1. The zero-order chi connectivity index (χ0) is 20.1. The van der Waals surface area contributed by atoms with E-state index in [-0.39, 0.29) is 16.7 Å². The number of aromatic nitrogens is 4. The van der Waals surface area contributed by atoms with Gasteiger partial charge in [0, 0.05) is 23.5 Å². The highest BCUT2D eigenvalue weighted by atomic mass is 32.2. The van der Waals surface area contributed by atoms with Crippen LogP contribution in [0.5, 0.6) is 0 Å². The molecule has 7 heteroatoms. The van der Waals surface area contributed by atoms with Crippen molar-refractivity contribution in [3.63, 3.8) is 0 Å².